The Morgan fingerprint density at radius 1 is 0.714 bits per heavy atom. The summed E-state index contributed by atoms with van der Waals surface area (Å²) in [6.45, 7) is 15.7. The van der Waals surface area contributed by atoms with E-state index in [1.165, 1.54) is 0 Å². The number of carbonyl (C=O) groups excluding carboxylic acids is 1. The molecule has 2 atom stereocenters. The van der Waals surface area contributed by atoms with E-state index in [0.717, 1.165) is 0 Å². The molecule has 0 heterocycles. The Labute approximate surface area is 165 Å². The van der Waals surface area contributed by atoms with E-state index in [4.69, 9.17) is 5.11 Å². The molecule has 0 aliphatic rings. The number of aliphatic hydroxyl groups is 1. The standard InChI is InChI=1S/C20H34O8/c1-16(2,3)20(17(4,5)6,18(7,8)9)13(23)12(14(24)25)19(28,15(26)27)10-11(21)22/h12,28H,10H2,1-9H3,(H,21,22)(H,24,25)(H,26,27). The molecule has 0 aromatic heterocycles. The molecule has 2 unspecified atom stereocenters. The molecule has 0 aromatic rings. The third-order valence-electron chi connectivity index (χ3n) is 5.52. The van der Waals surface area contributed by atoms with Gasteiger partial charge in [0.1, 0.15) is 0 Å². The minimum atomic E-state index is -3.29. The number of aliphatic carboxylic acids is 3. The van der Waals surface area contributed by atoms with Gasteiger partial charge in [-0.15, -0.1) is 0 Å². The Morgan fingerprint density at radius 3 is 1.21 bits per heavy atom. The quantitative estimate of drug-likeness (QED) is 0.475. The van der Waals surface area contributed by atoms with Crippen LogP contribution in [0.1, 0.15) is 68.7 Å². The van der Waals surface area contributed by atoms with Crippen molar-refractivity contribution in [1.82, 2.24) is 0 Å². The molecule has 0 saturated carbocycles. The lowest BCUT2D eigenvalue weighted by molar-refractivity contribution is -0.195. The highest BCUT2D eigenvalue weighted by atomic mass is 16.4. The zero-order valence-electron chi connectivity index (χ0n) is 18.2. The first-order valence-electron chi connectivity index (χ1n) is 9.03. The van der Waals surface area contributed by atoms with Crippen LogP contribution in [0.4, 0.5) is 0 Å². The van der Waals surface area contributed by atoms with E-state index >= 15 is 0 Å². The molecule has 0 aliphatic heterocycles. The second kappa shape index (κ2) is 7.46. The van der Waals surface area contributed by atoms with E-state index in [1.807, 2.05) is 0 Å². The molecule has 0 fully saturated rings. The SMILES string of the molecule is CC(C)(C)C(C(=O)C(C(=O)O)C(O)(CC(=O)O)C(=O)O)(C(C)(C)C)C(C)(C)C. The topological polar surface area (TPSA) is 149 Å². The van der Waals surface area contributed by atoms with Crippen LogP contribution in [0.5, 0.6) is 0 Å². The minimum Gasteiger partial charge on any atom is -0.481 e. The maximum absolute atomic E-state index is 13.9. The van der Waals surface area contributed by atoms with Crippen molar-refractivity contribution < 1.29 is 39.6 Å². The third kappa shape index (κ3) is 4.06. The predicted octanol–water partition coefficient (Wildman–Crippen LogP) is 2.67. The molecule has 0 bridgehead atoms. The van der Waals surface area contributed by atoms with Crippen molar-refractivity contribution in [1.29, 1.82) is 0 Å². The molecule has 0 aromatic carbocycles. The molecule has 4 N–H and O–H groups in total. The molecular formula is C20H34O8. The molecule has 0 amide bonds. The lowest BCUT2D eigenvalue weighted by Gasteiger charge is -2.61. The van der Waals surface area contributed by atoms with Gasteiger partial charge in [-0.1, -0.05) is 62.3 Å². The van der Waals surface area contributed by atoms with Crippen molar-refractivity contribution in [2.24, 2.45) is 27.6 Å². The average molecular weight is 402 g/mol. The number of rotatable bonds is 7. The van der Waals surface area contributed by atoms with Crippen molar-refractivity contribution in [2.45, 2.75) is 74.3 Å². The van der Waals surface area contributed by atoms with Crippen LogP contribution in [0.25, 0.3) is 0 Å². The molecular weight excluding hydrogens is 368 g/mol. The lowest BCUT2D eigenvalue weighted by Crippen LogP contribution is -2.66. The van der Waals surface area contributed by atoms with Gasteiger partial charge in [0.2, 0.25) is 0 Å². The fraction of sp³-hybridized carbons (Fsp3) is 0.800. The van der Waals surface area contributed by atoms with Crippen molar-refractivity contribution in [3.63, 3.8) is 0 Å². The van der Waals surface area contributed by atoms with E-state index in [2.05, 4.69) is 0 Å². The van der Waals surface area contributed by atoms with Gasteiger partial charge in [0.05, 0.1) is 6.42 Å². The summed E-state index contributed by atoms with van der Waals surface area (Å²) in [7, 11) is 0. The summed E-state index contributed by atoms with van der Waals surface area (Å²) in [5, 5.41) is 39.0. The average Bonchev–Trinajstić information content (AvgIpc) is 2.31. The molecule has 0 saturated heterocycles. The maximum atomic E-state index is 13.9. The van der Waals surface area contributed by atoms with Crippen molar-refractivity contribution in [2.75, 3.05) is 0 Å². The highest BCUT2D eigenvalue weighted by Gasteiger charge is 2.68. The Morgan fingerprint density at radius 2 is 1.04 bits per heavy atom. The van der Waals surface area contributed by atoms with E-state index in [9.17, 15) is 34.5 Å². The van der Waals surface area contributed by atoms with Gasteiger partial charge < -0.3 is 20.4 Å². The first-order chi connectivity index (χ1) is 12.1. The monoisotopic (exact) mass is 402 g/mol. The van der Waals surface area contributed by atoms with Gasteiger partial charge in [0.25, 0.3) is 0 Å². The number of carboxylic acid groups (broad SMARTS) is 3. The fourth-order valence-corrected chi connectivity index (χ4v) is 5.77. The molecule has 0 aliphatic carbocycles. The van der Waals surface area contributed by atoms with Gasteiger partial charge in [-0.25, -0.2) is 4.79 Å². The second-order valence-corrected chi connectivity index (χ2v) is 10.4. The van der Waals surface area contributed by atoms with E-state index in [-0.39, 0.29) is 0 Å². The summed E-state index contributed by atoms with van der Waals surface area (Å²) >= 11 is 0. The first-order valence-corrected chi connectivity index (χ1v) is 9.03. The van der Waals surface area contributed by atoms with Crippen LogP contribution in [0.3, 0.4) is 0 Å². The highest BCUT2D eigenvalue weighted by molar-refractivity contribution is 6.08. The predicted molar refractivity (Wildman–Crippen MR) is 102 cm³/mol. The van der Waals surface area contributed by atoms with Crippen LogP contribution in [0.15, 0.2) is 0 Å². The van der Waals surface area contributed by atoms with Crippen LogP contribution in [0.2, 0.25) is 0 Å². The van der Waals surface area contributed by atoms with Crippen LogP contribution in [0, 0.1) is 27.6 Å². The lowest BCUT2D eigenvalue weighted by atomic mass is 9.41. The highest BCUT2D eigenvalue weighted by Crippen LogP contribution is 2.63. The van der Waals surface area contributed by atoms with E-state index < -0.39 is 63.3 Å². The maximum Gasteiger partial charge on any atom is 0.337 e. The number of carboxylic acids is 3. The number of hydrogen-bond donors (Lipinski definition) is 4. The zero-order chi connectivity index (χ0) is 23.1. The Balaban J connectivity index is 7.25. The van der Waals surface area contributed by atoms with Crippen LogP contribution < -0.4 is 0 Å². The molecule has 8 nitrogen and oxygen atoms in total. The molecule has 28 heavy (non-hydrogen) atoms. The summed E-state index contributed by atoms with van der Waals surface area (Å²) in [6, 6.07) is 0. The van der Waals surface area contributed by atoms with Gasteiger partial charge in [0.15, 0.2) is 17.3 Å². The van der Waals surface area contributed by atoms with E-state index in [1.54, 1.807) is 62.3 Å². The summed E-state index contributed by atoms with van der Waals surface area (Å²) in [4.78, 5) is 48.9. The van der Waals surface area contributed by atoms with Gasteiger partial charge in [-0.3, -0.25) is 14.4 Å². The number of Topliss-reactive ketones (excluding diaryl/α,β-unsaturated/α-hetero) is 1. The minimum absolute atomic E-state index is 0.850. The van der Waals surface area contributed by atoms with E-state index in [0.29, 0.717) is 0 Å². The fourth-order valence-electron chi connectivity index (χ4n) is 5.77. The summed E-state index contributed by atoms with van der Waals surface area (Å²) < 4.78 is 0. The zero-order valence-corrected chi connectivity index (χ0v) is 18.2. The number of hydrogen-bond acceptors (Lipinski definition) is 5. The van der Waals surface area contributed by atoms with Gasteiger partial charge >= 0.3 is 17.9 Å². The number of ketones is 1. The largest absolute Gasteiger partial charge is 0.481 e. The molecule has 0 spiro atoms. The normalized spacial score (nSPS) is 16.8. The summed E-state index contributed by atoms with van der Waals surface area (Å²) in [5.74, 6) is -9.13. The third-order valence-corrected chi connectivity index (χ3v) is 5.52. The first kappa shape index (κ1) is 26.0. The molecule has 162 valence electrons. The van der Waals surface area contributed by atoms with Gasteiger partial charge in [-0.05, 0) is 16.2 Å². The molecule has 8 heteroatoms. The Hall–Kier alpha value is -1.96. The Bertz CT molecular complexity index is 621. The van der Waals surface area contributed by atoms with Crippen molar-refractivity contribution in [3.05, 3.63) is 0 Å². The van der Waals surface area contributed by atoms with Crippen LogP contribution in [-0.4, -0.2) is 49.7 Å². The smallest absolute Gasteiger partial charge is 0.337 e. The summed E-state index contributed by atoms with van der Waals surface area (Å²) in [6.07, 6.45) is -1.42. The van der Waals surface area contributed by atoms with Gasteiger partial charge in [-0.2, -0.15) is 0 Å². The van der Waals surface area contributed by atoms with Gasteiger partial charge in [0, 0.05) is 5.41 Å². The van der Waals surface area contributed by atoms with Crippen LogP contribution in [-0.2, 0) is 19.2 Å². The summed E-state index contributed by atoms with van der Waals surface area (Å²) in [5.41, 5.74) is -7.27. The second-order valence-electron chi connectivity index (χ2n) is 10.4. The Kier molecular flexibility index (Phi) is 6.94. The number of carbonyl (C=O) groups is 4. The molecule has 0 rings (SSSR count). The van der Waals surface area contributed by atoms with Crippen molar-refractivity contribution >= 4 is 23.7 Å². The molecule has 0 radical (unpaired) electrons. The van der Waals surface area contributed by atoms with Crippen molar-refractivity contribution in [3.8, 4) is 0 Å². The van der Waals surface area contributed by atoms with Crippen LogP contribution >= 0.6 is 0 Å².